The number of carbonyl (C=O) groups excluding carboxylic acids is 1. The third-order valence-corrected chi connectivity index (χ3v) is 6.33. The van der Waals surface area contributed by atoms with Crippen molar-refractivity contribution in [2.45, 2.75) is 25.7 Å². The van der Waals surface area contributed by atoms with Crippen LogP contribution in [-0.2, 0) is 14.8 Å². The van der Waals surface area contributed by atoms with Gasteiger partial charge >= 0.3 is 0 Å². The average molecular weight is 426 g/mol. The third kappa shape index (κ3) is 4.67. The molecule has 30 heavy (non-hydrogen) atoms. The lowest BCUT2D eigenvalue weighted by molar-refractivity contribution is -0.119. The van der Waals surface area contributed by atoms with E-state index in [-0.39, 0.29) is 10.6 Å². The highest BCUT2D eigenvalue weighted by atomic mass is 32.2. The van der Waals surface area contributed by atoms with Crippen molar-refractivity contribution in [3.8, 4) is 5.75 Å². The van der Waals surface area contributed by atoms with E-state index in [9.17, 15) is 18.3 Å². The van der Waals surface area contributed by atoms with Crippen molar-refractivity contribution in [1.82, 2.24) is 10.1 Å². The summed E-state index contributed by atoms with van der Waals surface area (Å²) in [5.74, 6) is -0.602. The molecule has 0 bridgehead atoms. The largest absolute Gasteiger partial charge is 0.507 e. The predicted octanol–water partition coefficient (Wildman–Crippen LogP) is 2.90. The van der Waals surface area contributed by atoms with E-state index < -0.39 is 22.5 Å². The number of carbonyl (C=O) groups is 1. The molecule has 0 radical (unpaired) electrons. The second kappa shape index (κ2) is 8.64. The van der Waals surface area contributed by atoms with Crippen LogP contribution in [0.4, 0.5) is 0 Å². The fourth-order valence-corrected chi connectivity index (χ4v) is 4.88. The Morgan fingerprint density at radius 3 is 2.43 bits per heavy atom. The molecule has 7 nitrogen and oxygen atoms in total. The summed E-state index contributed by atoms with van der Waals surface area (Å²) in [5, 5.41) is 15.6. The van der Waals surface area contributed by atoms with Gasteiger partial charge < -0.3 is 5.11 Å². The zero-order valence-corrected chi connectivity index (χ0v) is 17.7. The molecule has 0 unspecified atom stereocenters. The molecule has 0 heterocycles. The van der Waals surface area contributed by atoms with E-state index in [0.29, 0.717) is 16.7 Å². The molecular formula is C22H23N3O4S. The predicted molar refractivity (Wildman–Crippen MR) is 117 cm³/mol. The molecule has 0 aliphatic heterocycles. The van der Waals surface area contributed by atoms with Gasteiger partial charge in [0.05, 0.1) is 17.7 Å². The van der Waals surface area contributed by atoms with Crippen LogP contribution in [0.1, 0.15) is 22.3 Å². The number of amides is 1. The van der Waals surface area contributed by atoms with Gasteiger partial charge in [-0.05, 0) is 48.7 Å². The van der Waals surface area contributed by atoms with Gasteiger partial charge in [-0.25, -0.2) is 18.6 Å². The zero-order chi connectivity index (χ0) is 21.9. The fourth-order valence-electron chi connectivity index (χ4n) is 3.45. The van der Waals surface area contributed by atoms with Crippen molar-refractivity contribution in [1.29, 1.82) is 0 Å². The number of nitrogens with one attached hydrogen (secondary N) is 2. The highest BCUT2D eigenvalue weighted by Crippen LogP contribution is 2.25. The van der Waals surface area contributed by atoms with Crippen LogP contribution in [0.15, 0.2) is 58.5 Å². The van der Waals surface area contributed by atoms with Crippen LogP contribution in [0, 0.1) is 20.8 Å². The number of phenols is 1. The standard InChI is InChI=1S/C22H23N3O4S/c1-14-10-15(2)22(16(3)11-14)30(28,29)24-13-21(27)25-23-12-19-18-7-5-4-6-17(18)8-9-20(19)26/h4-12,24,26H,13H2,1-3H3,(H,25,27)/b23-12-. The number of aryl methyl sites for hydroxylation is 3. The first kappa shape index (κ1) is 21.5. The minimum Gasteiger partial charge on any atom is -0.507 e. The van der Waals surface area contributed by atoms with Gasteiger partial charge in [0.1, 0.15) is 5.75 Å². The molecular weight excluding hydrogens is 402 g/mol. The van der Waals surface area contributed by atoms with E-state index in [2.05, 4.69) is 15.2 Å². The smallest absolute Gasteiger partial charge is 0.255 e. The van der Waals surface area contributed by atoms with Crippen molar-refractivity contribution in [2.24, 2.45) is 5.10 Å². The number of phenolic OH excluding ortho intramolecular Hbond substituents is 1. The molecule has 0 atom stereocenters. The number of fused-ring (bicyclic) bond motifs is 1. The van der Waals surface area contributed by atoms with E-state index in [1.807, 2.05) is 31.2 Å². The topological polar surface area (TPSA) is 108 Å². The molecule has 3 aromatic rings. The highest BCUT2D eigenvalue weighted by Gasteiger charge is 2.20. The first-order valence-electron chi connectivity index (χ1n) is 9.29. The van der Waals surface area contributed by atoms with Gasteiger partial charge in [-0.3, -0.25) is 4.79 Å². The molecule has 0 aliphatic rings. The number of benzene rings is 3. The lowest BCUT2D eigenvalue weighted by Gasteiger charge is -2.12. The van der Waals surface area contributed by atoms with Gasteiger partial charge in [0, 0.05) is 5.56 Å². The van der Waals surface area contributed by atoms with Crippen LogP contribution < -0.4 is 10.1 Å². The lowest BCUT2D eigenvalue weighted by atomic mass is 10.0. The molecule has 3 aromatic carbocycles. The highest BCUT2D eigenvalue weighted by molar-refractivity contribution is 7.89. The van der Waals surface area contributed by atoms with Gasteiger partial charge in [-0.1, -0.05) is 48.0 Å². The lowest BCUT2D eigenvalue weighted by Crippen LogP contribution is -2.35. The zero-order valence-electron chi connectivity index (χ0n) is 16.9. The number of hydrogen-bond acceptors (Lipinski definition) is 5. The molecule has 1 amide bonds. The SMILES string of the molecule is Cc1cc(C)c(S(=O)(=O)NCC(=O)N/N=C\c2c(O)ccc3ccccc23)c(C)c1. The first-order chi connectivity index (χ1) is 14.2. The van der Waals surface area contributed by atoms with E-state index in [0.717, 1.165) is 16.3 Å². The second-order valence-corrected chi connectivity index (χ2v) is 8.77. The van der Waals surface area contributed by atoms with Crippen molar-refractivity contribution >= 4 is 32.9 Å². The molecule has 0 spiro atoms. The number of aromatic hydroxyl groups is 1. The van der Waals surface area contributed by atoms with E-state index in [1.54, 1.807) is 38.1 Å². The van der Waals surface area contributed by atoms with Crippen LogP contribution in [0.5, 0.6) is 5.75 Å². The van der Waals surface area contributed by atoms with Gasteiger partial charge in [-0.15, -0.1) is 0 Å². The van der Waals surface area contributed by atoms with E-state index in [4.69, 9.17) is 0 Å². The normalized spacial score (nSPS) is 11.8. The quantitative estimate of drug-likeness (QED) is 0.417. The second-order valence-electron chi connectivity index (χ2n) is 7.07. The Morgan fingerprint density at radius 2 is 1.73 bits per heavy atom. The number of sulfonamides is 1. The Hall–Kier alpha value is -3.23. The molecule has 0 saturated carbocycles. The molecule has 0 saturated heterocycles. The van der Waals surface area contributed by atoms with Crippen LogP contribution in [0.2, 0.25) is 0 Å². The number of rotatable bonds is 6. The summed E-state index contributed by atoms with van der Waals surface area (Å²) in [7, 11) is -3.85. The summed E-state index contributed by atoms with van der Waals surface area (Å²) >= 11 is 0. The van der Waals surface area contributed by atoms with Crippen molar-refractivity contribution < 1.29 is 18.3 Å². The Labute approximate surface area is 175 Å². The fraction of sp³-hybridized carbons (Fsp3) is 0.182. The van der Waals surface area contributed by atoms with Crippen molar-refractivity contribution in [3.05, 3.63) is 70.8 Å². The van der Waals surface area contributed by atoms with Crippen molar-refractivity contribution in [2.75, 3.05) is 6.54 Å². The van der Waals surface area contributed by atoms with E-state index >= 15 is 0 Å². The molecule has 3 rings (SSSR count). The minimum absolute atomic E-state index is 0.0257. The molecule has 0 fully saturated rings. The summed E-state index contributed by atoms with van der Waals surface area (Å²) in [6, 6.07) is 14.3. The average Bonchev–Trinajstić information content (AvgIpc) is 2.67. The number of hydrogen-bond donors (Lipinski definition) is 3. The summed E-state index contributed by atoms with van der Waals surface area (Å²) in [5.41, 5.74) is 4.93. The number of hydrazone groups is 1. The van der Waals surface area contributed by atoms with Gasteiger partial charge in [0.15, 0.2) is 0 Å². The van der Waals surface area contributed by atoms with Gasteiger partial charge in [-0.2, -0.15) is 5.10 Å². The Morgan fingerprint density at radius 1 is 1.07 bits per heavy atom. The molecule has 156 valence electrons. The van der Waals surface area contributed by atoms with E-state index in [1.165, 1.54) is 6.21 Å². The molecule has 0 aliphatic carbocycles. The minimum atomic E-state index is -3.85. The summed E-state index contributed by atoms with van der Waals surface area (Å²) in [6.45, 7) is 4.86. The van der Waals surface area contributed by atoms with Crippen LogP contribution in [0.3, 0.4) is 0 Å². The Kier molecular flexibility index (Phi) is 6.19. The molecule has 3 N–H and O–H groups in total. The van der Waals surface area contributed by atoms with Gasteiger partial charge in [0.2, 0.25) is 10.0 Å². The number of nitrogens with zero attached hydrogens (tertiary/aromatic N) is 1. The summed E-state index contributed by atoms with van der Waals surface area (Å²) in [6.07, 6.45) is 1.33. The third-order valence-electron chi connectivity index (χ3n) is 4.63. The summed E-state index contributed by atoms with van der Waals surface area (Å²) < 4.78 is 27.5. The maximum absolute atomic E-state index is 12.6. The molecule has 8 heteroatoms. The maximum atomic E-state index is 12.6. The maximum Gasteiger partial charge on any atom is 0.255 e. The van der Waals surface area contributed by atoms with Crippen molar-refractivity contribution in [3.63, 3.8) is 0 Å². The van der Waals surface area contributed by atoms with Crippen LogP contribution in [-0.4, -0.2) is 32.2 Å². The first-order valence-corrected chi connectivity index (χ1v) is 10.8. The van der Waals surface area contributed by atoms with Crippen LogP contribution >= 0.6 is 0 Å². The Balaban J connectivity index is 1.68. The Bertz CT molecular complexity index is 1230. The van der Waals surface area contributed by atoms with Crippen LogP contribution in [0.25, 0.3) is 10.8 Å². The van der Waals surface area contributed by atoms with Gasteiger partial charge in [0.25, 0.3) is 5.91 Å². The summed E-state index contributed by atoms with van der Waals surface area (Å²) in [4.78, 5) is 12.2. The monoisotopic (exact) mass is 425 g/mol. The molecule has 0 aromatic heterocycles.